The molecule has 1 aromatic carbocycles. The van der Waals surface area contributed by atoms with Crippen LogP contribution in [0.15, 0.2) is 18.2 Å². The fraction of sp³-hybridized carbons (Fsp3) is 0.571. The van der Waals surface area contributed by atoms with Crippen molar-refractivity contribution in [3.05, 3.63) is 23.8 Å². The topological polar surface area (TPSA) is 72.7 Å². The molecular weight excluding hydrogens is 230 g/mol. The van der Waals surface area contributed by atoms with Crippen molar-refractivity contribution < 1.29 is 15.3 Å². The van der Waals surface area contributed by atoms with Crippen LogP contribution in [0.25, 0.3) is 0 Å². The van der Waals surface area contributed by atoms with Crippen molar-refractivity contribution in [3.8, 4) is 11.5 Å². The molecule has 0 fully saturated rings. The number of phenols is 2. The molecule has 102 valence electrons. The van der Waals surface area contributed by atoms with E-state index in [1.807, 2.05) is 6.92 Å². The molecule has 1 rings (SSSR count). The van der Waals surface area contributed by atoms with Gasteiger partial charge in [-0.15, -0.1) is 0 Å². The van der Waals surface area contributed by atoms with Crippen molar-refractivity contribution >= 4 is 0 Å². The van der Waals surface area contributed by atoms with Gasteiger partial charge in [0.15, 0.2) is 0 Å². The van der Waals surface area contributed by atoms with Crippen LogP contribution in [0.5, 0.6) is 11.5 Å². The van der Waals surface area contributed by atoms with Crippen LogP contribution in [0, 0.1) is 5.92 Å². The average Bonchev–Trinajstić information content (AvgIpc) is 2.30. The van der Waals surface area contributed by atoms with Crippen molar-refractivity contribution in [1.29, 1.82) is 0 Å². The summed E-state index contributed by atoms with van der Waals surface area (Å²) in [5, 5.41) is 31.8. The Kier molecular flexibility index (Phi) is 5.44. The predicted molar refractivity (Wildman–Crippen MR) is 71.7 cm³/mol. The SMILES string of the molecule is CC(C)CC(CO)NC(C)c1cc(O)ccc1O. The molecule has 0 aliphatic carbocycles. The number of benzene rings is 1. The average molecular weight is 253 g/mol. The number of rotatable bonds is 6. The third-order valence-corrected chi connectivity index (χ3v) is 2.94. The molecule has 0 aliphatic rings. The van der Waals surface area contributed by atoms with Gasteiger partial charge in [0.2, 0.25) is 0 Å². The van der Waals surface area contributed by atoms with Crippen molar-refractivity contribution in [3.63, 3.8) is 0 Å². The Balaban J connectivity index is 2.74. The maximum Gasteiger partial charge on any atom is 0.120 e. The highest BCUT2D eigenvalue weighted by atomic mass is 16.3. The summed E-state index contributed by atoms with van der Waals surface area (Å²) in [6.45, 7) is 6.15. The van der Waals surface area contributed by atoms with Gasteiger partial charge in [0.1, 0.15) is 11.5 Å². The number of hydrogen-bond donors (Lipinski definition) is 4. The molecule has 0 heterocycles. The van der Waals surface area contributed by atoms with Crippen LogP contribution in [0.1, 0.15) is 38.8 Å². The number of aliphatic hydroxyl groups is 1. The molecule has 4 nitrogen and oxygen atoms in total. The summed E-state index contributed by atoms with van der Waals surface area (Å²) < 4.78 is 0. The quantitative estimate of drug-likeness (QED) is 0.586. The van der Waals surface area contributed by atoms with Gasteiger partial charge in [-0.3, -0.25) is 0 Å². The van der Waals surface area contributed by atoms with E-state index in [1.165, 1.54) is 18.2 Å². The van der Waals surface area contributed by atoms with Crippen molar-refractivity contribution in [2.24, 2.45) is 5.92 Å². The molecule has 0 amide bonds. The van der Waals surface area contributed by atoms with Gasteiger partial charge in [-0.1, -0.05) is 13.8 Å². The highest BCUT2D eigenvalue weighted by molar-refractivity contribution is 5.40. The first kappa shape index (κ1) is 14.8. The van der Waals surface area contributed by atoms with E-state index in [-0.39, 0.29) is 30.2 Å². The number of nitrogens with one attached hydrogen (secondary N) is 1. The van der Waals surface area contributed by atoms with E-state index in [0.29, 0.717) is 11.5 Å². The summed E-state index contributed by atoms with van der Waals surface area (Å²) in [6.07, 6.45) is 0.862. The zero-order chi connectivity index (χ0) is 13.7. The van der Waals surface area contributed by atoms with Gasteiger partial charge in [-0.2, -0.15) is 0 Å². The van der Waals surface area contributed by atoms with Crippen LogP contribution in [0.3, 0.4) is 0 Å². The summed E-state index contributed by atoms with van der Waals surface area (Å²) in [5.41, 5.74) is 0.636. The molecule has 0 spiro atoms. The van der Waals surface area contributed by atoms with Crippen molar-refractivity contribution in [1.82, 2.24) is 5.32 Å². The Morgan fingerprint density at radius 1 is 1.17 bits per heavy atom. The van der Waals surface area contributed by atoms with Crippen LogP contribution in [0.4, 0.5) is 0 Å². The second-order valence-electron chi connectivity index (χ2n) is 5.14. The van der Waals surface area contributed by atoms with Gasteiger partial charge in [0.05, 0.1) is 6.61 Å². The summed E-state index contributed by atoms with van der Waals surface area (Å²) >= 11 is 0. The van der Waals surface area contributed by atoms with Gasteiger partial charge >= 0.3 is 0 Å². The van der Waals surface area contributed by atoms with Crippen LogP contribution in [-0.2, 0) is 0 Å². The Bertz CT molecular complexity index is 379. The van der Waals surface area contributed by atoms with Crippen LogP contribution < -0.4 is 5.32 Å². The Morgan fingerprint density at radius 2 is 1.83 bits per heavy atom. The number of aliphatic hydroxyl groups excluding tert-OH is 1. The summed E-state index contributed by atoms with van der Waals surface area (Å²) in [5.74, 6) is 0.759. The molecule has 0 aromatic heterocycles. The molecule has 0 saturated heterocycles. The number of hydrogen-bond acceptors (Lipinski definition) is 4. The second kappa shape index (κ2) is 6.61. The maximum atomic E-state index is 9.76. The normalized spacial score (nSPS) is 14.7. The lowest BCUT2D eigenvalue weighted by molar-refractivity contribution is 0.214. The maximum absolute atomic E-state index is 9.76. The molecule has 4 heteroatoms. The van der Waals surface area contributed by atoms with E-state index >= 15 is 0 Å². The van der Waals surface area contributed by atoms with Gasteiger partial charge in [0.25, 0.3) is 0 Å². The summed E-state index contributed by atoms with van der Waals surface area (Å²) in [4.78, 5) is 0. The molecule has 4 N–H and O–H groups in total. The standard InChI is InChI=1S/C14H23NO3/c1-9(2)6-11(8-16)15-10(3)13-7-12(17)4-5-14(13)18/h4-5,7,9-11,15-18H,6,8H2,1-3H3. The third kappa shape index (κ3) is 4.20. The molecule has 18 heavy (non-hydrogen) atoms. The highest BCUT2D eigenvalue weighted by Crippen LogP contribution is 2.28. The van der Waals surface area contributed by atoms with E-state index in [4.69, 9.17) is 0 Å². The Morgan fingerprint density at radius 3 is 2.39 bits per heavy atom. The Hall–Kier alpha value is -1.26. The predicted octanol–water partition coefficient (Wildman–Crippen LogP) is 2.16. The van der Waals surface area contributed by atoms with Crippen molar-refractivity contribution in [2.75, 3.05) is 6.61 Å². The lowest BCUT2D eigenvalue weighted by Gasteiger charge is -2.24. The molecule has 0 radical (unpaired) electrons. The molecular formula is C14H23NO3. The summed E-state index contributed by atoms with van der Waals surface area (Å²) in [7, 11) is 0. The first-order chi connectivity index (χ1) is 8.43. The molecule has 2 atom stereocenters. The van der Waals surface area contributed by atoms with E-state index in [2.05, 4.69) is 19.2 Å². The van der Waals surface area contributed by atoms with Gasteiger partial charge < -0.3 is 20.6 Å². The minimum atomic E-state index is -0.131. The van der Waals surface area contributed by atoms with Crippen LogP contribution >= 0.6 is 0 Å². The lowest BCUT2D eigenvalue weighted by Crippen LogP contribution is -2.35. The van der Waals surface area contributed by atoms with Crippen LogP contribution in [0.2, 0.25) is 0 Å². The smallest absolute Gasteiger partial charge is 0.120 e. The summed E-state index contributed by atoms with van der Waals surface area (Å²) in [6, 6.07) is 4.31. The Labute approximate surface area is 108 Å². The molecule has 0 aliphatic heterocycles. The molecule has 2 unspecified atom stereocenters. The fourth-order valence-corrected chi connectivity index (χ4v) is 2.10. The molecule has 0 saturated carbocycles. The van der Waals surface area contributed by atoms with Crippen molar-refractivity contribution in [2.45, 2.75) is 39.3 Å². The minimum Gasteiger partial charge on any atom is -0.508 e. The van der Waals surface area contributed by atoms with E-state index < -0.39 is 0 Å². The zero-order valence-electron chi connectivity index (χ0n) is 11.2. The zero-order valence-corrected chi connectivity index (χ0v) is 11.2. The van der Waals surface area contributed by atoms with Gasteiger partial charge in [0, 0.05) is 17.6 Å². The largest absolute Gasteiger partial charge is 0.508 e. The monoisotopic (exact) mass is 253 g/mol. The molecule has 1 aromatic rings. The second-order valence-corrected chi connectivity index (χ2v) is 5.14. The van der Waals surface area contributed by atoms with E-state index in [1.54, 1.807) is 0 Å². The number of aromatic hydroxyl groups is 2. The third-order valence-electron chi connectivity index (χ3n) is 2.94. The van der Waals surface area contributed by atoms with E-state index in [0.717, 1.165) is 6.42 Å². The lowest BCUT2D eigenvalue weighted by atomic mass is 10.0. The van der Waals surface area contributed by atoms with E-state index in [9.17, 15) is 15.3 Å². The first-order valence-electron chi connectivity index (χ1n) is 6.32. The minimum absolute atomic E-state index is 0.0123. The van der Waals surface area contributed by atoms with Crippen LogP contribution in [-0.4, -0.2) is 28.0 Å². The highest BCUT2D eigenvalue weighted by Gasteiger charge is 2.16. The van der Waals surface area contributed by atoms with Gasteiger partial charge in [-0.25, -0.2) is 0 Å². The number of phenolic OH excluding ortho intramolecular Hbond substituents is 2. The molecule has 0 bridgehead atoms. The fourth-order valence-electron chi connectivity index (χ4n) is 2.10. The van der Waals surface area contributed by atoms with Gasteiger partial charge in [-0.05, 0) is 37.5 Å². The first-order valence-corrected chi connectivity index (χ1v) is 6.32.